The van der Waals surface area contributed by atoms with Crippen LogP contribution >= 0.6 is 0 Å². The zero-order chi connectivity index (χ0) is 15.4. The Kier molecular flexibility index (Phi) is 5.01. The number of fused-ring (bicyclic) bond motifs is 1. The summed E-state index contributed by atoms with van der Waals surface area (Å²) in [4.78, 5) is 12.4. The van der Waals surface area contributed by atoms with Gasteiger partial charge in [0.25, 0.3) is 0 Å². The van der Waals surface area contributed by atoms with Crippen molar-refractivity contribution in [2.45, 2.75) is 70.8 Å². The molecule has 2 aliphatic rings. The summed E-state index contributed by atoms with van der Waals surface area (Å²) in [6, 6.07) is 4.63. The van der Waals surface area contributed by atoms with E-state index in [1.54, 1.807) is 0 Å². The summed E-state index contributed by atoms with van der Waals surface area (Å²) in [7, 11) is 0. The maximum atomic E-state index is 12.4. The van der Waals surface area contributed by atoms with Crippen molar-refractivity contribution in [3.8, 4) is 5.75 Å². The highest BCUT2D eigenvalue weighted by molar-refractivity contribution is 5.97. The number of ketones is 1. The predicted octanol–water partition coefficient (Wildman–Crippen LogP) is 4.74. The zero-order valence-electron chi connectivity index (χ0n) is 13.6. The second-order valence-electron chi connectivity index (χ2n) is 6.62. The van der Waals surface area contributed by atoms with Crippen LogP contribution in [0.5, 0.6) is 5.75 Å². The van der Waals surface area contributed by atoms with Crippen molar-refractivity contribution in [1.82, 2.24) is 0 Å². The Balaban J connectivity index is 1.86. The first kappa shape index (κ1) is 15.4. The topological polar surface area (TPSA) is 38.3 Å². The lowest BCUT2D eigenvalue weighted by Gasteiger charge is -2.24. The lowest BCUT2D eigenvalue weighted by Crippen LogP contribution is -2.18. The van der Waals surface area contributed by atoms with E-state index in [0.717, 1.165) is 49.3 Å². The minimum Gasteiger partial charge on any atom is -0.491 e. The third-order valence-electron chi connectivity index (χ3n) is 4.80. The third-order valence-corrected chi connectivity index (χ3v) is 4.80. The average Bonchev–Trinajstić information content (AvgIpc) is 3.05. The molecule has 1 N–H and O–H groups in total. The van der Waals surface area contributed by atoms with E-state index in [1.807, 2.05) is 6.07 Å². The number of aryl methyl sites for hydroxylation is 1. The second kappa shape index (κ2) is 7.17. The molecule has 1 aliphatic carbocycles. The Morgan fingerprint density at radius 2 is 2.09 bits per heavy atom. The summed E-state index contributed by atoms with van der Waals surface area (Å²) in [5, 5.41) is 3.64. The molecule has 1 aromatic carbocycles. The van der Waals surface area contributed by atoms with Gasteiger partial charge in [-0.3, -0.25) is 4.79 Å². The van der Waals surface area contributed by atoms with Gasteiger partial charge in [-0.15, -0.1) is 0 Å². The van der Waals surface area contributed by atoms with Crippen LogP contribution < -0.4 is 10.1 Å². The number of benzene rings is 1. The van der Waals surface area contributed by atoms with E-state index >= 15 is 0 Å². The van der Waals surface area contributed by atoms with Gasteiger partial charge in [-0.05, 0) is 49.8 Å². The van der Waals surface area contributed by atoms with Crippen molar-refractivity contribution >= 4 is 11.5 Å². The Labute approximate surface area is 133 Å². The molecule has 3 nitrogen and oxygen atoms in total. The van der Waals surface area contributed by atoms with Crippen molar-refractivity contribution in [2.75, 3.05) is 11.9 Å². The van der Waals surface area contributed by atoms with Crippen LogP contribution in [-0.2, 0) is 6.42 Å². The highest BCUT2D eigenvalue weighted by Crippen LogP contribution is 2.36. The fourth-order valence-corrected chi connectivity index (χ4v) is 3.52. The van der Waals surface area contributed by atoms with Crippen LogP contribution in [-0.4, -0.2) is 18.4 Å². The van der Waals surface area contributed by atoms with Gasteiger partial charge < -0.3 is 10.1 Å². The summed E-state index contributed by atoms with van der Waals surface area (Å²) in [6.07, 6.45) is 9.80. The van der Waals surface area contributed by atoms with Crippen molar-refractivity contribution in [2.24, 2.45) is 0 Å². The van der Waals surface area contributed by atoms with E-state index < -0.39 is 0 Å². The van der Waals surface area contributed by atoms with Gasteiger partial charge in [-0.2, -0.15) is 0 Å². The first-order valence-corrected chi connectivity index (χ1v) is 8.87. The van der Waals surface area contributed by atoms with Gasteiger partial charge in [-0.25, -0.2) is 0 Å². The molecule has 0 saturated heterocycles. The maximum absolute atomic E-state index is 12.4. The van der Waals surface area contributed by atoms with Gasteiger partial charge in [-0.1, -0.05) is 26.2 Å². The zero-order valence-corrected chi connectivity index (χ0v) is 13.6. The van der Waals surface area contributed by atoms with Crippen LogP contribution in [0.25, 0.3) is 0 Å². The minimum atomic E-state index is 0.268. The minimum absolute atomic E-state index is 0.268. The average molecular weight is 301 g/mol. The Morgan fingerprint density at radius 1 is 1.27 bits per heavy atom. The standard InChI is InChI=1S/C19H27NO2/c1-2-3-10-18(21)15-12-14-7-6-11-22-19(14)17(13-15)20-16-8-4-5-9-16/h12-13,16,20H,2-11H2,1H3. The fourth-order valence-electron chi connectivity index (χ4n) is 3.52. The molecule has 0 amide bonds. The first-order valence-electron chi connectivity index (χ1n) is 8.87. The number of unbranched alkanes of at least 4 members (excludes halogenated alkanes) is 1. The van der Waals surface area contributed by atoms with Crippen molar-refractivity contribution in [3.05, 3.63) is 23.3 Å². The smallest absolute Gasteiger partial charge is 0.162 e. The number of carbonyl (C=O) groups excluding carboxylic acids is 1. The molecule has 120 valence electrons. The molecular formula is C19H27NO2. The molecule has 0 aromatic heterocycles. The number of nitrogens with one attached hydrogen (secondary N) is 1. The molecule has 1 heterocycles. The van der Waals surface area contributed by atoms with Gasteiger partial charge in [0, 0.05) is 18.0 Å². The number of ether oxygens (including phenoxy) is 1. The van der Waals surface area contributed by atoms with Gasteiger partial charge in [0.2, 0.25) is 0 Å². The maximum Gasteiger partial charge on any atom is 0.162 e. The second-order valence-corrected chi connectivity index (χ2v) is 6.62. The van der Waals surface area contributed by atoms with Crippen LogP contribution in [0.4, 0.5) is 5.69 Å². The number of Topliss-reactive ketones (excluding diaryl/α,β-unsaturated/α-hetero) is 1. The van der Waals surface area contributed by atoms with Crippen molar-refractivity contribution in [3.63, 3.8) is 0 Å². The van der Waals surface area contributed by atoms with Gasteiger partial charge in [0.15, 0.2) is 5.78 Å². The number of rotatable bonds is 6. The lowest BCUT2D eigenvalue weighted by molar-refractivity contribution is 0.0979. The molecule has 0 unspecified atom stereocenters. The van der Waals surface area contributed by atoms with E-state index in [1.165, 1.54) is 31.2 Å². The molecule has 0 radical (unpaired) electrons. The van der Waals surface area contributed by atoms with Crippen LogP contribution in [0.15, 0.2) is 12.1 Å². The molecule has 3 heteroatoms. The quantitative estimate of drug-likeness (QED) is 0.771. The molecule has 0 atom stereocenters. The summed E-state index contributed by atoms with van der Waals surface area (Å²) < 4.78 is 5.91. The summed E-state index contributed by atoms with van der Waals surface area (Å²) in [5.41, 5.74) is 3.11. The Hall–Kier alpha value is -1.51. The SMILES string of the molecule is CCCCC(=O)c1cc2c(c(NC3CCCC3)c1)OCCC2. The van der Waals surface area contributed by atoms with Crippen molar-refractivity contribution < 1.29 is 9.53 Å². The third kappa shape index (κ3) is 3.45. The number of hydrogen-bond acceptors (Lipinski definition) is 3. The number of anilines is 1. The molecule has 1 saturated carbocycles. The van der Waals surface area contributed by atoms with Gasteiger partial charge in [0.05, 0.1) is 12.3 Å². The monoisotopic (exact) mass is 301 g/mol. The van der Waals surface area contributed by atoms with Crippen LogP contribution in [0.1, 0.15) is 74.2 Å². The van der Waals surface area contributed by atoms with Gasteiger partial charge in [0.1, 0.15) is 5.75 Å². The van der Waals surface area contributed by atoms with E-state index in [4.69, 9.17) is 4.74 Å². The first-order chi connectivity index (χ1) is 10.8. The molecule has 22 heavy (non-hydrogen) atoms. The summed E-state index contributed by atoms with van der Waals surface area (Å²) in [6.45, 7) is 2.91. The van der Waals surface area contributed by atoms with Crippen molar-refractivity contribution in [1.29, 1.82) is 0 Å². The lowest BCUT2D eigenvalue weighted by atomic mass is 9.97. The molecular weight excluding hydrogens is 274 g/mol. The van der Waals surface area contributed by atoms with E-state index in [9.17, 15) is 4.79 Å². The number of carbonyl (C=O) groups is 1. The Bertz CT molecular complexity index is 532. The van der Waals surface area contributed by atoms with Crippen LogP contribution in [0, 0.1) is 0 Å². The molecule has 3 rings (SSSR count). The molecule has 1 aromatic rings. The predicted molar refractivity (Wildman–Crippen MR) is 90.0 cm³/mol. The molecule has 0 spiro atoms. The van der Waals surface area contributed by atoms with Crippen LogP contribution in [0.3, 0.4) is 0 Å². The van der Waals surface area contributed by atoms with Gasteiger partial charge >= 0.3 is 0 Å². The van der Waals surface area contributed by atoms with Crippen LogP contribution in [0.2, 0.25) is 0 Å². The normalized spacial score (nSPS) is 17.9. The highest BCUT2D eigenvalue weighted by Gasteiger charge is 2.22. The highest BCUT2D eigenvalue weighted by atomic mass is 16.5. The van der Waals surface area contributed by atoms with E-state index in [0.29, 0.717) is 12.5 Å². The summed E-state index contributed by atoms with van der Waals surface area (Å²) >= 11 is 0. The summed E-state index contributed by atoms with van der Waals surface area (Å²) in [5.74, 6) is 1.26. The van der Waals surface area contributed by atoms with E-state index in [2.05, 4.69) is 18.3 Å². The fraction of sp³-hybridized carbons (Fsp3) is 0.632. The molecule has 1 fully saturated rings. The molecule has 1 aliphatic heterocycles. The Morgan fingerprint density at radius 3 is 2.86 bits per heavy atom. The van der Waals surface area contributed by atoms with E-state index in [-0.39, 0.29) is 5.78 Å². The molecule has 0 bridgehead atoms. The largest absolute Gasteiger partial charge is 0.491 e. The number of hydrogen-bond donors (Lipinski definition) is 1.